The average Bonchev–Trinajstić information content (AvgIpc) is 2.66. The van der Waals surface area contributed by atoms with Gasteiger partial charge in [0.1, 0.15) is 11.6 Å². The van der Waals surface area contributed by atoms with Gasteiger partial charge in [0.2, 0.25) is 5.91 Å². The van der Waals surface area contributed by atoms with Gasteiger partial charge in [-0.2, -0.15) is 0 Å². The van der Waals surface area contributed by atoms with E-state index in [-0.39, 0.29) is 18.2 Å². The van der Waals surface area contributed by atoms with Gasteiger partial charge < -0.3 is 20.5 Å². The van der Waals surface area contributed by atoms with Crippen LogP contribution in [0, 0.1) is 18.8 Å². The normalized spacial score (nSPS) is 20.1. The van der Waals surface area contributed by atoms with Gasteiger partial charge >= 0.3 is 12.1 Å². The minimum absolute atomic E-state index is 0.192. The second kappa shape index (κ2) is 10.5. The number of benzene rings is 1. The molecule has 166 valence electrons. The lowest BCUT2D eigenvalue weighted by atomic mass is 9.81. The van der Waals surface area contributed by atoms with Crippen molar-refractivity contribution in [1.29, 1.82) is 0 Å². The first-order chi connectivity index (χ1) is 14.0. The Morgan fingerprint density at radius 1 is 1.10 bits per heavy atom. The Morgan fingerprint density at radius 2 is 1.70 bits per heavy atom. The quantitative estimate of drug-likeness (QED) is 0.629. The van der Waals surface area contributed by atoms with E-state index in [9.17, 15) is 19.5 Å². The van der Waals surface area contributed by atoms with Gasteiger partial charge in [-0.25, -0.2) is 9.59 Å². The third-order valence-electron chi connectivity index (χ3n) is 5.33. The molecule has 0 unspecified atom stereocenters. The smallest absolute Gasteiger partial charge is 0.407 e. The molecule has 2 rings (SSSR count). The Labute approximate surface area is 178 Å². The van der Waals surface area contributed by atoms with E-state index in [4.69, 9.17) is 4.74 Å². The summed E-state index contributed by atoms with van der Waals surface area (Å²) >= 11 is 0. The van der Waals surface area contributed by atoms with Crippen molar-refractivity contribution in [2.45, 2.75) is 71.4 Å². The molecule has 0 radical (unpaired) electrons. The first kappa shape index (κ1) is 23.7. The van der Waals surface area contributed by atoms with Crippen LogP contribution >= 0.6 is 0 Å². The molecule has 7 heteroatoms. The summed E-state index contributed by atoms with van der Waals surface area (Å²) in [5.74, 6) is -1.13. The van der Waals surface area contributed by atoms with Crippen LogP contribution in [0.3, 0.4) is 0 Å². The third kappa shape index (κ3) is 8.05. The van der Waals surface area contributed by atoms with Gasteiger partial charge in [-0.15, -0.1) is 0 Å². The van der Waals surface area contributed by atoms with Crippen molar-refractivity contribution >= 4 is 18.0 Å². The van der Waals surface area contributed by atoms with Crippen LogP contribution in [-0.4, -0.2) is 41.3 Å². The van der Waals surface area contributed by atoms with Gasteiger partial charge in [0.05, 0.1) is 0 Å². The lowest BCUT2D eigenvalue weighted by molar-refractivity contribution is -0.142. The van der Waals surface area contributed by atoms with E-state index in [1.165, 1.54) is 0 Å². The second-order valence-corrected chi connectivity index (χ2v) is 9.19. The number of aryl methyl sites for hydroxylation is 1. The number of alkyl carbamates (subject to hydrolysis) is 1. The molecule has 0 spiro atoms. The maximum Gasteiger partial charge on any atom is 0.407 e. The highest BCUT2D eigenvalue weighted by atomic mass is 16.6. The number of nitrogens with one attached hydrogen (secondary N) is 2. The molecule has 30 heavy (non-hydrogen) atoms. The molecule has 7 nitrogen and oxygen atoms in total. The highest BCUT2D eigenvalue weighted by molar-refractivity contribution is 5.85. The van der Waals surface area contributed by atoms with Crippen molar-refractivity contribution in [1.82, 2.24) is 10.6 Å². The third-order valence-corrected chi connectivity index (χ3v) is 5.33. The highest BCUT2D eigenvalue weighted by Crippen LogP contribution is 2.28. The number of amides is 2. The van der Waals surface area contributed by atoms with Crippen molar-refractivity contribution in [2.24, 2.45) is 11.8 Å². The number of carboxylic acids is 1. The maximum absolute atomic E-state index is 12.6. The summed E-state index contributed by atoms with van der Waals surface area (Å²) in [4.78, 5) is 36.0. The summed E-state index contributed by atoms with van der Waals surface area (Å²) in [5.41, 5.74) is 1.46. The van der Waals surface area contributed by atoms with Crippen LogP contribution in [0.25, 0.3) is 0 Å². The number of aliphatic carboxylic acids is 1. The maximum atomic E-state index is 12.6. The van der Waals surface area contributed by atoms with Gasteiger partial charge in [0, 0.05) is 18.9 Å². The minimum Gasteiger partial charge on any atom is -0.480 e. The zero-order valence-electron chi connectivity index (χ0n) is 18.4. The number of rotatable bonds is 7. The van der Waals surface area contributed by atoms with Crippen molar-refractivity contribution in [3.63, 3.8) is 0 Å². The Bertz CT molecular complexity index is 731. The summed E-state index contributed by atoms with van der Waals surface area (Å²) in [6, 6.07) is 6.71. The van der Waals surface area contributed by atoms with Crippen LogP contribution < -0.4 is 10.6 Å². The summed E-state index contributed by atoms with van der Waals surface area (Å²) in [7, 11) is 0. The number of hydrogen-bond acceptors (Lipinski definition) is 4. The Hall–Kier alpha value is -2.57. The van der Waals surface area contributed by atoms with Crippen LogP contribution in [0.4, 0.5) is 4.79 Å². The van der Waals surface area contributed by atoms with Crippen LogP contribution in [-0.2, 0) is 20.7 Å². The van der Waals surface area contributed by atoms with Crippen molar-refractivity contribution in [2.75, 3.05) is 6.54 Å². The molecule has 0 aromatic heterocycles. The lowest BCUT2D eigenvalue weighted by Gasteiger charge is -2.29. The average molecular weight is 419 g/mol. The molecule has 0 heterocycles. The summed E-state index contributed by atoms with van der Waals surface area (Å²) in [6.07, 6.45) is 2.82. The Kier molecular flexibility index (Phi) is 8.26. The Balaban J connectivity index is 1.78. The van der Waals surface area contributed by atoms with E-state index in [0.29, 0.717) is 25.3 Å². The van der Waals surface area contributed by atoms with Gasteiger partial charge in [0.15, 0.2) is 0 Å². The topological polar surface area (TPSA) is 105 Å². The molecule has 0 saturated heterocycles. The molecule has 3 N–H and O–H groups in total. The molecule has 0 bridgehead atoms. The number of carboxylic acid groups (broad SMARTS) is 1. The fraction of sp³-hybridized carbons (Fsp3) is 0.609. The van der Waals surface area contributed by atoms with Crippen LogP contribution in [0.15, 0.2) is 24.3 Å². The molecule has 1 saturated carbocycles. The molecule has 1 aromatic rings. The molecule has 2 amide bonds. The first-order valence-electron chi connectivity index (χ1n) is 10.6. The van der Waals surface area contributed by atoms with E-state index in [1.807, 2.05) is 52.0 Å². The minimum atomic E-state index is -1.03. The van der Waals surface area contributed by atoms with E-state index in [0.717, 1.165) is 24.0 Å². The summed E-state index contributed by atoms with van der Waals surface area (Å²) in [6.45, 7) is 7.95. The van der Waals surface area contributed by atoms with Gasteiger partial charge in [-0.3, -0.25) is 4.79 Å². The second-order valence-electron chi connectivity index (χ2n) is 9.19. The fourth-order valence-electron chi connectivity index (χ4n) is 3.62. The zero-order valence-corrected chi connectivity index (χ0v) is 18.4. The first-order valence-corrected chi connectivity index (χ1v) is 10.6. The molecule has 1 fully saturated rings. The standard InChI is InChI=1S/C23H34N2O5/c1-15-5-7-16(8-6-15)13-19(21(27)28)25-20(26)18-11-9-17(10-12-18)14-24-22(29)30-23(2,3)4/h5-8,17-19H,9-14H2,1-4H3,(H,24,29)(H,25,26)(H,27,28)/t17-,18-,19-/m0/s1. The summed E-state index contributed by atoms with van der Waals surface area (Å²) < 4.78 is 5.24. The molecule has 1 aliphatic rings. The van der Waals surface area contributed by atoms with Crippen molar-refractivity contribution in [3.05, 3.63) is 35.4 Å². The predicted octanol–water partition coefficient (Wildman–Crippen LogP) is 3.44. The predicted molar refractivity (Wildman–Crippen MR) is 114 cm³/mol. The van der Waals surface area contributed by atoms with Crippen molar-refractivity contribution < 1.29 is 24.2 Å². The number of carbonyl (C=O) groups excluding carboxylic acids is 2. The Morgan fingerprint density at radius 3 is 2.23 bits per heavy atom. The van der Waals surface area contributed by atoms with Crippen LogP contribution in [0.5, 0.6) is 0 Å². The molecular weight excluding hydrogens is 384 g/mol. The zero-order chi connectivity index (χ0) is 22.3. The van der Waals surface area contributed by atoms with Crippen LogP contribution in [0.2, 0.25) is 0 Å². The lowest BCUT2D eigenvalue weighted by Crippen LogP contribution is -2.46. The SMILES string of the molecule is Cc1ccc(C[C@H](NC(=O)[C@H]2CC[C@H](CNC(=O)OC(C)(C)C)CC2)C(=O)O)cc1. The highest BCUT2D eigenvalue weighted by Gasteiger charge is 2.30. The molecular formula is C23H34N2O5. The van der Waals surface area contributed by atoms with E-state index in [1.54, 1.807) is 0 Å². The van der Waals surface area contributed by atoms with Gasteiger partial charge in [-0.05, 0) is 64.9 Å². The number of carbonyl (C=O) groups is 3. The monoisotopic (exact) mass is 418 g/mol. The molecule has 1 atom stereocenters. The van der Waals surface area contributed by atoms with E-state index >= 15 is 0 Å². The molecule has 1 aromatic carbocycles. The van der Waals surface area contributed by atoms with Crippen molar-refractivity contribution in [3.8, 4) is 0 Å². The van der Waals surface area contributed by atoms with Gasteiger partial charge in [-0.1, -0.05) is 29.8 Å². The largest absolute Gasteiger partial charge is 0.480 e. The fourth-order valence-corrected chi connectivity index (χ4v) is 3.62. The number of ether oxygens (including phenoxy) is 1. The van der Waals surface area contributed by atoms with E-state index < -0.39 is 23.7 Å². The summed E-state index contributed by atoms with van der Waals surface area (Å²) in [5, 5.41) is 15.0. The van der Waals surface area contributed by atoms with Crippen LogP contribution in [0.1, 0.15) is 57.6 Å². The van der Waals surface area contributed by atoms with Gasteiger partial charge in [0.25, 0.3) is 0 Å². The van der Waals surface area contributed by atoms with E-state index in [2.05, 4.69) is 10.6 Å². The number of hydrogen-bond donors (Lipinski definition) is 3. The molecule has 0 aliphatic heterocycles. The molecule has 1 aliphatic carbocycles.